The van der Waals surface area contributed by atoms with Gasteiger partial charge in [0.05, 0.1) is 13.2 Å². The molecule has 0 saturated heterocycles. The lowest BCUT2D eigenvalue weighted by molar-refractivity contribution is -0.139. The van der Waals surface area contributed by atoms with E-state index in [1.165, 1.54) is 6.08 Å². The molecule has 0 aliphatic heterocycles. The van der Waals surface area contributed by atoms with E-state index in [-0.39, 0.29) is 18.4 Å². The largest absolute Gasteiger partial charge is 0.383 e. The molecule has 6 heteroatoms. The van der Waals surface area contributed by atoms with E-state index in [4.69, 9.17) is 4.74 Å². The molecule has 0 spiro atoms. The molecule has 0 unspecified atom stereocenters. The van der Waals surface area contributed by atoms with Crippen LogP contribution in [0, 0.1) is 0 Å². The maximum Gasteiger partial charge on any atom is 0.247 e. The molecule has 0 saturated carbocycles. The van der Waals surface area contributed by atoms with Crippen molar-refractivity contribution in [2.45, 2.75) is 19.9 Å². The Kier molecular flexibility index (Phi) is 9.18. The molecule has 0 bridgehead atoms. The molecule has 2 amide bonds. The van der Waals surface area contributed by atoms with Gasteiger partial charge in [0.2, 0.25) is 11.8 Å². The van der Waals surface area contributed by atoms with Gasteiger partial charge in [0.1, 0.15) is 6.54 Å². The van der Waals surface area contributed by atoms with Crippen molar-refractivity contribution in [3.63, 3.8) is 0 Å². The van der Waals surface area contributed by atoms with Crippen LogP contribution in [0.3, 0.4) is 0 Å². The van der Waals surface area contributed by atoms with E-state index in [1.54, 1.807) is 23.0 Å². The van der Waals surface area contributed by atoms with Crippen molar-refractivity contribution in [1.29, 1.82) is 0 Å². The topological polar surface area (TPSA) is 54.8 Å². The van der Waals surface area contributed by atoms with Crippen LogP contribution in [-0.4, -0.2) is 59.5 Å². The second-order valence-electron chi connectivity index (χ2n) is 6.92. The average Bonchev–Trinajstić information content (AvgIpc) is 3.14. The smallest absolute Gasteiger partial charge is 0.247 e. The van der Waals surface area contributed by atoms with Crippen molar-refractivity contribution in [2.24, 2.45) is 7.05 Å². The second-order valence-corrected chi connectivity index (χ2v) is 6.92. The minimum atomic E-state index is -0.158. The van der Waals surface area contributed by atoms with Gasteiger partial charge in [-0.1, -0.05) is 37.3 Å². The highest BCUT2D eigenvalue weighted by molar-refractivity contribution is 5.94. The summed E-state index contributed by atoms with van der Waals surface area (Å²) in [6.07, 6.45) is 6.06. The maximum absolute atomic E-state index is 13.0. The first-order valence-electron chi connectivity index (χ1n) is 9.94. The highest BCUT2D eigenvalue weighted by atomic mass is 16.5. The summed E-state index contributed by atoms with van der Waals surface area (Å²) in [5.41, 5.74) is 1.99. The molecule has 1 aromatic carbocycles. The van der Waals surface area contributed by atoms with E-state index < -0.39 is 0 Å². The van der Waals surface area contributed by atoms with Crippen LogP contribution in [0.5, 0.6) is 0 Å². The predicted molar refractivity (Wildman–Crippen MR) is 115 cm³/mol. The number of rotatable bonds is 11. The number of ether oxygens (including phenoxy) is 1. The molecular weight excluding hydrogens is 366 g/mol. The fourth-order valence-electron chi connectivity index (χ4n) is 2.99. The summed E-state index contributed by atoms with van der Waals surface area (Å²) in [7, 11) is 3.57. The summed E-state index contributed by atoms with van der Waals surface area (Å²) in [5, 5.41) is 0. The predicted octanol–water partition coefficient (Wildman–Crippen LogP) is 2.95. The number of hydrogen-bond acceptors (Lipinski definition) is 3. The lowest BCUT2D eigenvalue weighted by Crippen LogP contribution is -2.43. The first-order chi connectivity index (χ1) is 14.0. The number of benzene rings is 1. The Bertz CT molecular complexity index is 799. The Morgan fingerprint density at radius 1 is 1.07 bits per heavy atom. The Balaban J connectivity index is 2.06. The van der Waals surface area contributed by atoms with E-state index in [0.29, 0.717) is 26.2 Å². The van der Waals surface area contributed by atoms with Gasteiger partial charge in [-0.3, -0.25) is 9.59 Å². The molecular formula is C23H31N3O3. The van der Waals surface area contributed by atoms with Gasteiger partial charge in [-0.2, -0.15) is 0 Å². The summed E-state index contributed by atoms with van der Waals surface area (Å²) in [6.45, 7) is 4.00. The van der Waals surface area contributed by atoms with Crippen LogP contribution in [0.2, 0.25) is 0 Å². The molecule has 0 radical (unpaired) electrons. The van der Waals surface area contributed by atoms with Crippen molar-refractivity contribution >= 4 is 17.9 Å². The van der Waals surface area contributed by atoms with Gasteiger partial charge in [0.15, 0.2) is 0 Å². The van der Waals surface area contributed by atoms with Crippen LogP contribution in [0.15, 0.2) is 54.7 Å². The van der Waals surface area contributed by atoms with E-state index >= 15 is 0 Å². The quantitative estimate of drug-likeness (QED) is 0.548. The number of aryl methyl sites for hydroxylation is 1. The van der Waals surface area contributed by atoms with Gasteiger partial charge in [0, 0.05) is 45.2 Å². The molecule has 6 nitrogen and oxygen atoms in total. The third-order valence-corrected chi connectivity index (χ3v) is 4.67. The minimum Gasteiger partial charge on any atom is -0.383 e. The summed E-state index contributed by atoms with van der Waals surface area (Å²) in [6, 6.07) is 13.6. The molecule has 156 valence electrons. The molecule has 0 aliphatic rings. The van der Waals surface area contributed by atoms with E-state index in [0.717, 1.165) is 17.7 Å². The monoisotopic (exact) mass is 397 g/mol. The van der Waals surface area contributed by atoms with E-state index in [9.17, 15) is 9.59 Å². The van der Waals surface area contributed by atoms with Crippen molar-refractivity contribution in [1.82, 2.24) is 14.4 Å². The SMILES string of the molecule is CCCN(CC(=O)N(CCOC)Cc1cccn1C)C(=O)C=Cc1ccccc1. The Labute approximate surface area is 173 Å². The number of hydrogen-bond donors (Lipinski definition) is 0. The molecule has 1 aromatic heterocycles. The van der Waals surface area contributed by atoms with Gasteiger partial charge in [0.25, 0.3) is 0 Å². The van der Waals surface area contributed by atoms with Crippen LogP contribution in [0.1, 0.15) is 24.6 Å². The highest BCUT2D eigenvalue weighted by Crippen LogP contribution is 2.08. The van der Waals surface area contributed by atoms with Gasteiger partial charge >= 0.3 is 0 Å². The number of carbonyl (C=O) groups is 2. The number of methoxy groups -OCH3 is 1. The summed E-state index contributed by atoms with van der Waals surface area (Å²) < 4.78 is 7.16. The van der Waals surface area contributed by atoms with Gasteiger partial charge < -0.3 is 19.1 Å². The van der Waals surface area contributed by atoms with Gasteiger partial charge in [-0.05, 0) is 30.2 Å². The van der Waals surface area contributed by atoms with Crippen LogP contribution in [-0.2, 0) is 27.9 Å². The van der Waals surface area contributed by atoms with Gasteiger partial charge in [-0.15, -0.1) is 0 Å². The first kappa shape index (κ1) is 22.4. The zero-order valence-corrected chi connectivity index (χ0v) is 17.6. The van der Waals surface area contributed by atoms with Crippen LogP contribution < -0.4 is 0 Å². The summed E-state index contributed by atoms with van der Waals surface area (Å²) in [5.74, 6) is -0.243. The van der Waals surface area contributed by atoms with Crippen molar-refractivity contribution < 1.29 is 14.3 Å². The fourth-order valence-corrected chi connectivity index (χ4v) is 2.99. The third kappa shape index (κ3) is 7.23. The van der Waals surface area contributed by atoms with Crippen molar-refractivity contribution in [3.8, 4) is 0 Å². The lowest BCUT2D eigenvalue weighted by Gasteiger charge is -2.27. The zero-order chi connectivity index (χ0) is 21.1. The molecule has 29 heavy (non-hydrogen) atoms. The zero-order valence-electron chi connectivity index (χ0n) is 17.6. The van der Waals surface area contributed by atoms with Crippen molar-refractivity contribution in [3.05, 3.63) is 66.0 Å². The highest BCUT2D eigenvalue weighted by Gasteiger charge is 2.20. The molecule has 0 atom stereocenters. The van der Waals surface area contributed by atoms with Crippen molar-refractivity contribution in [2.75, 3.05) is 33.4 Å². The fraction of sp³-hybridized carbons (Fsp3) is 0.391. The number of carbonyl (C=O) groups excluding carboxylic acids is 2. The number of amides is 2. The van der Waals surface area contributed by atoms with Crippen LogP contribution in [0.25, 0.3) is 6.08 Å². The third-order valence-electron chi connectivity index (χ3n) is 4.67. The molecule has 2 aromatic rings. The average molecular weight is 398 g/mol. The normalized spacial score (nSPS) is 11.0. The van der Waals surface area contributed by atoms with Gasteiger partial charge in [-0.25, -0.2) is 0 Å². The molecule has 1 heterocycles. The van der Waals surface area contributed by atoms with E-state index in [1.807, 2.05) is 67.2 Å². The minimum absolute atomic E-state index is 0.0555. The molecule has 0 N–H and O–H groups in total. The molecule has 2 rings (SSSR count). The standard InChI is InChI=1S/C23H31N3O3/c1-4-14-25(22(27)13-12-20-9-6-5-7-10-20)19-23(28)26(16-17-29-3)18-21-11-8-15-24(21)2/h5-13,15H,4,14,16-19H2,1-3H3. The summed E-state index contributed by atoms with van der Waals surface area (Å²) in [4.78, 5) is 29.0. The maximum atomic E-state index is 13.0. The first-order valence-corrected chi connectivity index (χ1v) is 9.94. The number of nitrogens with zero attached hydrogens (tertiary/aromatic N) is 3. The second kappa shape index (κ2) is 11.9. The van der Waals surface area contributed by atoms with E-state index in [2.05, 4.69) is 0 Å². The van der Waals surface area contributed by atoms with Crippen LogP contribution >= 0.6 is 0 Å². The Morgan fingerprint density at radius 3 is 2.45 bits per heavy atom. The Morgan fingerprint density at radius 2 is 1.83 bits per heavy atom. The van der Waals surface area contributed by atoms with Crippen LogP contribution in [0.4, 0.5) is 0 Å². The lowest BCUT2D eigenvalue weighted by atomic mass is 10.2. The summed E-state index contributed by atoms with van der Waals surface area (Å²) >= 11 is 0. The number of aromatic nitrogens is 1. The molecule has 0 fully saturated rings. The molecule has 0 aliphatic carbocycles. The Hall–Kier alpha value is -2.86.